The summed E-state index contributed by atoms with van der Waals surface area (Å²) in [7, 11) is -3.71. The first-order valence-electron chi connectivity index (χ1n) is 9.86. The molecule has 0 bridgehead atoms. The molecule has 0 saturated heterocycles. The van der Waals surface area contributed by atoms with E-state index in [1.54, 1.807) is 42.7 Å². The van der Waals surface area contributed by atoms with E-state index in [1.165, 1.54) is 24.3 Å². The highest BCUT2D eigenvalue weighted by molar-refractivity contribution is 7.91. The molecule has 3 rings (SSSR count). The molecule has 0 aliphatic rings. The number of hydrogen-bond donors (Lipinski definition) is 2. The molecule has 1 aromatic heterocycles. The van der Waals surface area contributed by atoms with Gasteiger partial charge in [0, 0.05) is 24.6 Å². The molecule has 2 aromatic carbocycles. The number of ether oxygens (including phenoxy) is 1. The maximum Gasteiger partial charge on any atom is 0.319 e. The van der Waals surface area contributed by atoms with Crippen LogP contribution in [-0.4, -0.2) is 26.0 Å². The summed E-state index contributed by atoms with van der Waals surface area (Å²) in [5.74, 6) is 0.847. The lowest BCUT2D eigenvalue weighted by atomic mass is 10.2. The minimum atomic E-state index is -3.71. The molecule has 2 N–H and O–H groups in total. The second-order valence-corrected chi connectivity index (χ2v) is 9.33. The van der Waals surface area contributed by atoms with Crippen LogP contribution in [0.2, 0.25) is 0 Å². The zero-order valence-electron chi connectivity index (χ0n) is 17.4. The van der Waals surface area contributed by atoms with Gasteiger partial charge in [0.2, 0.25) is 9.84 Å². The van der Waals surface area contributed by atoms with Crippen molar-refractivity contribution in [1.82, 2.24) is 10.3 Å². The van der Waals surface area contributed by atoms with E-state index in [1.807, 2.05) is 19.9 Å². The standard InChI is InChI=1S/C23H25N3O4S/c1-17(2)16-30-20-6-3-7-22(13-20)31(28,29)21-10-8-19(9-11-21)26-23(27)25-15-18-5-4-12-24-14-18/h3-14,17H,15-16H2,1-2H3,(H2,25,26,27). The lowest BCUT2D eigenvalue weighted by molar-refractivity contribution is 0.251. The summed E-state index contributed by atoms with van der Waals surface area (Å²) in [5.41, 5.74) is 1.36. The Morgan fingerprint density at radius 3 is 2.48 bits per heavy atom. The highest BCUT2D eigenvalue weighted by Gasteiger charge is 2.18. The van der Waals surface area contributed by atoms with E-state index in [0.717, 1.165) is 5.56 Å². The van der Waals surface area contributed by atoms with Crippen molar-refractivity contribution in [2.45, 2.75) is 30.2 Å². The molecule has 8 heteroatoms. The van der Waals surface area contributed by atoms with E-state index in [-0.39, 0.29) is 9.79 Å². The second kappa shape index (κ2) is 10.1. The largest absolute Gasteiger partial charge is 0.493 e. The summed E-state index contributed by atoms with van der Waals surface area (Å²) in [5, 5.41) is 5.40. The van der Waals surface area contributed by atoms with Crippen LogP contribution in [0.1, 0.15) is 19.4 Å². The third-order valence-electron chi connectivity index (χ3n) is 4.30. The molecule has 7 nitrogen and oxygen atoms in total. The van der Waals surface area contributed by atoms with E-state index in [2.05, 4.69) is 15.6 Å². The summed E-state index contributed by atoms with van der Waals surface area (Å²) >= 11 is 0. The number of aromatic nitrogens is 1. The molecule has 0 radical (unpaired) electrons. The molecule has 162 valence electrons. The van der Waals surface area contributed by atoms with Crippen molar-refractivity contribution in [2.24, 2.45) is 5.92 Å². The van der Waals surface area contributed by atoms with Crippen LogP contribution >= 0.6 is 0 Å². The Balaban J connectivity index is 1.64. The predicted molar refractivity (Wildman–Crippen MR) is 119 cm³/mol. The Bertz CT molecular complexity index is 1120. The zero-order chi connectivity index (χ0) is 22.3. The van der Waals surface area contributed by atoms with Gasteiger partial charge in [-0.2, -0.15) is 0 Å². The van der Waals surface area contributed by atoms with E-state index < -0.39 is 15.9 Å². The van der Waals surface area contributed by atoms with E-state index in [4.69, 9.17) is 4.74 Å². The fourth-order valence-electron chi connectivity index (χ4n) is 2.71. The molecule has 2 amide bonds. The predicted octanol–water partition coefficient (Wildman–Crippen LogP) is 4.27. The molecule has 0 spiro atoms. The van der Waals surface area contributed by atoms with Crippen LogP contribution in [0, 0.1) is 5.92 Å². The quantitative estimate of drug-likeness (QED) is 0.546. The van der Waals surface area contributed by atoms with Gasteiger partial charge in [-0.15, -0.1) is 0 Å². The Hall–Kier alpha value is -3.39. The monoisotopic (exact) mass is 439 g/mol. The van der Waals surface area contributed by atoms with Gasteiger partial charge in [-0.25, -0.2) is 13.2 Å². The molecular weight excluding hydrogens is 414 g/mol. The van der Waals surface area contributed by atoms with Gasteiger partial charge in [0.15, 0.2) is 0 Å². The Morgan fingerprint density at radius 1 is 1.03 bits per heavy atom. The molecule has 3 aromatic rings. The van der Waals surface area contributed by atoms with Gasteiger partial charge in [0.05, 0.1) is 16.4 Å². The number of nitrogens with zero attached hydrogens (tertiary/aromatic N) is 1. The molecule has 0 saturated carbocycles. The van der Waals surface area contributed by atoms with Crippen LogP contribution in [-0.2, 0) is 16.4 Å². The SMILES string of the molecule is CC(C)COc1cccc(S(=O)(=O)c2ccc(NC(=O)NCc3cccnc3)cc2)c1. The molecule has 0 aliphatic carbocycles. The lowest BCUT2D eigenvalue weighted by Crippen LogP contribution is -2.28. The van der Waals surface area contributed by atoms with E-state index >= 15 is 0 Å². The summed E-state index contributed by atoms with van der Waals surface area (Å²) in [6.07, 6.45) is 3.33. The molecule has 31 heavy (non-hydrogen) atoms. The number of rotatable bonds is 8. The summed E-state index contributed by atoms with van der Waals surface area (Å²) in [6.45, 7) is 4.89. The average molecular weight is 440 g/mol. The molecule has 0 unspecified atom stereocenters. The fourth-order valence-corrected chi connectivity index (χ4v) is 4.00. The van der Waals surface area contributed by atoms with Gasteiger partial charge in [0.25, 0.3) is 0 Å². The van der Waals surface area contributed by atoms with Crippen molar-refractivity contribution in [3.8, 4) is 5.75 Å². The Morgan fingerprint density at radius 2 is 1.81 bits per heavy atom. The van der Waals surface area contributed by atoms with Crippen molar-refractivity contribution in [3.05, 3.63) is 78.6 Å². The third-order valence-corrected chi connectivity index (χ3v) is 6.06. The summed E-state index contributed by atoms with van der Waals surface area (Å²) in [4.78, 5) is 16.3. The van der Waals surface area contributed by atoms with Gasteiger partial charge in [-0.1, -0.05) is 26.0 Å². The van der Waals surface area contributed by atoms with Crippen LogP contribution in [0.3, 0.4) is 0 Å². The first-order chi connectivity index (χ1) is 14.8. The third kappa shape index (κ3) is 6.29. The van der Waals surface area contributed by atoms with E-state index in [9.17, 15) is 13.2 Å². The highest BCUT2D eigenvalue weighted by Crippen LogP contribution is 2.25. The van der Waals surface area contributed by atoms with Gasteiger partial charge in [0.1, 0.15) is 5.75 Å². The molecule has 0 aliphatic heterocycles. The van der Waals surface area contributed by atoms with Crippen LogP contribution in [0.4, 0.5) is 10.5 Å². The number of hydrogen-bond acceptors (Lipinski definition) is 5. The number of benzene rings is 2. The second-order valence-electron chi connectivity index (χ2n) is 7.38. The summed E-state index contributed by atoms with van der Waals surface area (Å²) in [6, 6.07) is 15.7. The summed E-state index contributed by atoms with van der Waals surface area (Å²) < 4.78 is 31.5. The number of amides is 2. The molecule has 1 heterocycles. The smallest absolute Gasteiger partial charge is 0.319 e. The number of carbonyl (C=O) groups excluding carboxylic acids is 1. The van der Waals surface area contributed by atoms with E-state index in [0.29, 0.717) is 30.5 Å². The van der Waals surface area contributed by atoms with Crippen molar-refractivity contribution in [2.75, 3.05) is 11.9 Å². The van der Waals surface area contributed by atoms with Crippen molar-refractivity contribution in [3.63, 3.8) is 0 Å². The first kappa shape index (κ1) is 22.3. The van der Waals surface area contributed by atoms with Gasteiger partial charge < -0.3 is 15.4 Å². The molecule has 0 atom stereocenters. The Labute approximate surface area is 182 Å². The van der Waals surface area contributed by atoms with Crippen LogP contribution in [0.15, 0.2) is 82.8 Å². The first-order valence-corrected chi connectivity index (χ1v) is 11.3. The van der Waals surface area contributed by atoms with Gasteiger partial charge in [-0.05, 0) is 60.0 Å². The maximum absolute atomic E-state index is 13.0. The van der Waals surface area contributed by atoms with Crippen molar-refractivity contribution >= 4 is 21.6 Å². The topological polar surface area (TPSA) is 97.4 Å². The number of nitrogens with one attached hydrogen (secondary N) is 2. The number of anilines is 1. The van der Waals surface area contributed by atoms with Crippen molar-refractivity contribution in [1.29, 1.82) is 0 Å². The number of sulfone groups is 1. The number of pyridine rings is 1. The normalized spacial score (nSPS) is 11.2. The van der Waals surface area contributed by atoms with Crippen molar-refractivity contribution < 1.29 is 17.9 Å². The zero-order valence-corrected chi connectivity index (χ0v) is 18.2. The minimum absolute atomic E-state index is 0.134. The molecule has 0 fully saturated rings. The Kier molecular flexibility index (Phi) is 7.25. The average Bonchev–Trinajstić information content (AvgIpc) is 2.77. The number of carbonyl (C=O) groups is 1. The fraction of sp³-hybridized carbons (Fsp3) is 0.217. The van der Waals surface area contributed by atoms with Crippen LogP contribution in [0.5, 0.6) is 5.75 Å². The molecular formula is C23H25N3O4S. The van der Waals surface area contributed by atoms with Gasteiger partial charge in [-0.3, -0.25) is 4.98 Å². The van der Waals surface area contributed by atoms with Gasteiger partial charge >= 0.3 is 6.03 Å². The lowest BCUT2D eigenvalue weighted by Gasteiger charge is -2.11. The van der Waals surface area contributed by atoms with Crippen LogP contribution in [0.25, 0.3) is 0 Å². The maximum atomic E-state index is 13.0. The van der Waals surface area contributed by atoms with Crippen LogP contribution < -0.4 is 15.4 Å². The minimum Gasteiger partial charge on any atom is -0.493 e. The number of urea groups is 1. The highest BCUT2D eigenvalue weighted by atomic mass is 32.2.